The van der Waals surface area contributed by atoms with Crippen molar-refractivity contribution in [2.75, 3.05) is 39.1 Å². The van der Waals surface area contributed by atoms with Gasteiger partial charge in [0, 0.05) is 46.5 Å². The van der Waals surface area contributed by atoms with Crippen molar-refractivity contribution < 1.29 is 13.2 Å². The lowest BCUT2D eigenvalue weighted by Crippen LogP contribution is -2.44. The summed E-state index contributed by atoms with van der Waals surface area (Å²) in [4.78, 5) is 31.4. The van der Waals surface area contributed by atoms with Crippen molar-refractivity contribution in [1.82, 2.24) is 23.6 Å². The summed E-state index contributed by atoms with van der Waals surface area (Å²) in [6, 6.07) is 0. The standard InChI is InChI=1S/C14H21N5O5S/c1-16-10-11(15-13(16)25(3,22)23)17(2)14(21)19(12(10)20)5-4-18-6-8-24-9-7-18/h4-9H2,1-3H3. The summed E-state index contributed by atoms with van der Waals surface area (Å²) in [5, 5.41) is -0.236. The number of sulfone groups is 1. The Morgan fingerprint density at radius 1 is 1.08 bits per heavy atom. The molecule has 25 heavy (non-hydrogen) atoms. The van der Waals surface area contributed by atoms with Crippen LogP contribution < -0.4 is 11.2 Å². The zero-order valence-electron chi connectivity index (χ0n) is 14.4. The van der Waals surface area contributed by atoms with E-state index in [-0.39, 0.29) is 22.9 Å². The van der Waals surface area contributed by atoms with Crippen LogP contribution in [0.15, 0.2) is 14.7 Å². The fourth-order valence-corrected chi connectivity index (χ4v) is 3.86. The van der Waals surface area contributed by atoms with Gasteiger partial charge in [0.25, 0.3) is 5.56 Å². The molecule has 1 saturated heterocycles. The fraction of sp³-hybridized carbons (Fsp3) is 0.643. The molecule has 0 aliphatic carbocycles. The maximum absolute atomic E-state index is 12.8. The van der Waals surface area contributed by atoms with E-state index in [1.54, 1.807) is 0 Å². The Labute approximate surface area is 144 Å². The molecule has 138 valence electrons. The minimum atomic E-state index is -3.62. The molecule has 0 N–H and O–H groups in total. The number of nitrogens with zero attached hydrogens (tertiary/aromatic N) is 5. The molecule has 3 heterocycles. The van der Waals surface area contributed by atoms with Crippen LogP contribution in [0, 0.1) is 0 Å². The average molecular weight is 371 g/mol. The fourth-order valence-electron chi connectivity index (χ4n) is 3.02. The van der Waals surface area contributed by atoms with E-state index in [0.717, 1.165) is 23.9 Å². The first kappa shape index (κ1) is 17.8. The topological polar surface area (TPSA) is 108 Å². The molecule has 11 heteroatoms. The van der Waals surface area contributed by atoms with Crippen LogP contribution in [0.1, 0.15) is 0 Å². The lowest BCUT2D eigenvalue weighted by molar-refractivity contribution is 0.0361. The molecule has 2 aromatic heterocycles. The van der Waals surface area contributed by atoms with Gasteiger partial charge >= 0.3 is 5.69 Å². The molecule has 0 unspecified atom stereocenters. The number of fused-ring (bicyclic) bond motifs is 1. The quantitative estimate of drug-likeness (QED) is 0.622. The lowest BCUT2D eigenvalue weighted by Gasteiger charge is -2.26. The summed E-state index contributed by atoms with van der Waals surface area (Å²) < 4.78 is 32.6. The van der Waals surface area contributed by atoms with E-state index in [2.05, 4.69) is 9.88 Å². The summed E-state index contributed by atoms with van der Waals surface area (Å²) in [7, 11) is -0.675. The van der Waals surface area contributed by atoms with Crippen LogP contribution in [0.4, 0.5) is 0 Å². The van der Waals surface area contributed by atoms with Gasteiger partial charge in [-0.3, -0.25) is 18.8 Å². The first-order valence-electron chi connectivity index (χ1n) is 7.88. The number of rotatable bonds is 4. The van der Waals surface area contributed by atoms with E-state index in [9.17, 15) is 18.0 Å². The van der Waals surface area contributed by atoms with Gasteiger partial charge in [-0.2, -0.15) is 4.98 Å². The molecule has 3 rings (SSSR count). The predicted octanol–water partition coefficient (Wildman–Crippen LogP) is -1.83. The predicted molar refractivity (Wildman–Crippen MR) is 90.6 cm³/mol. The third-order valence-electron chi connectivity index (χ3n) is 4.39. The molecule has 0 amide bonds. The van der Waals surface area contributed by atoms with Crippen molar-refractivity contribution in [3.8, 4) is 0 Å². The molecular formula is C14H21N5O5S. The van der Waals surface area contributed by atoms with E-state index in [1.165, 1.54) is 23.2 Å². The number of morpholine rings is 1. The second-order valence-corrected chi connectivity index (χ2v) is 8.06. The average Bonchev–Trinajstić information content (AvgIpc) is 2.92. The zero-order chi connectivity index (χ0) is 18.4. The number of aromatic nitrogens is 4. The van der Waals surface area contributed by atoms with Gasteiger partial charge in [0.2, 0.25) is 15.0 Å². The van der Waals surface area contributed by atoms with E-state index in [4.69, 9.17) is 4.74 Å². The Kier molecular flexibility index (Phi) is 4.56. The lowest BCUT2D eigenvalue weighted by atomic mass is 10.4. The highest BCUT2D eigenvalue weighted by Crippen LogP contribution is 2.13. The van der Waals surface area contributed by atoms with Gasteiger partial charge in [-0.1, -0.05) is 0 Å². The van der Waals surface area contributed by atoms with Crippen LogP contribution in [-0.2, 0) is 35.2 Å². The summed E-state index contributed by atoms with van der Waals surface area (Å²) in [5.74, 6) is 0. The third-order valence-corrected chi connectivity index (χ3v) is 5.42. The summed E-state index contributed by atoms with van der Waals surface area (Å²) in [5.41, 5.74) is -0.870. The maximum atomic E-state index is 12.8. The Hall–Kier alpha value is -1.98. The molecule has 10 nitrogen and oxygen atoms in total. The molecule has 0 spiro atoms. The van der Waals surface area contributed by atoms with Crippen molar-refractivity contribution >= 4 is 21.0 Å². The van der Waals surface area contributed by atoms with Crippen molar-refractivity contribution in [2.24, 2.45) is 14.1 Å². The highest BCUT2D eigenvalue weighted by molar-refractivity contribution is 7.90. The number of imidazole rings is 1. The normalized spacial score (nSPS) is 16.6. The Morgan fingerprint density at radius 2 is 1.72 bits per heavy atom. The summed E-state index contributed by atoms with van der Waals surface area (Å²) in [6.45, 7) is 3.53. The molecule has 1 aliphatic heterocycles. The van der Waals surface area contributed by atoms with Crippen molar-refractivity contribution in [1.29, 1.82) is 0 Å². The van der Waals surface area contributed by atoms with Crippen molar-refractivity contribution in [2.45, 2.75) is 11.7 Å². The molecule has 0 atom stereocenters. The highest BCUT2D eigenvalue weighted by atomic mass is 32.2. The van der Waals surface area contributed by atoms with Crippen molar-refractivity contribution in [3.63, 3.8) is 0 Å². The van der Waals surface area contributed by atoms with E-state index < -0.39 is 21.1 Å². The van der Waals surface area contributed by atoms with Crippen molar-refractivity contribution in [3.05, 3.63) is 20.8 Å². The maximum Gasteiger partial charge on any atom is 0.332 e. The van der Waals surface area contributed by atoms with Gasteiger partial charge in [0.05, 0.1) is 13.2 Å². The first-order valence-corrected chi connectivity index (χ1v) is 9.77. The molecule has 0 aromatic carbocycles. The minimum Gasteiger partial charge on any atom is -0.379 e. The first-order chi connectivity index (χ1) is 11.7. The van der Waals surface area contributed by atoms with E-state index >= 15 is 0 Å². The van der Waals surface area contributed by atoms with Crippen LogP contribution in [-0.4, -0.2) is 71.1 Å². The van der Waals surface area contributed by atoms with Crippen LogP contribution >= 0.6 is 0 Å². The van der Waals surface area contributed by atoms with Crippen LogP contribution in [0.5, 0.6) is 0 Å². The van der Waals surface area contributed by atoms with Crippen LogP contribution in [0.25, 0.3) is 11.2 Å². The van der Waals surface area contributed by atoms with Gasteiger partial charge in [0.1, 0.15) is 0 Å². The van der Waals surface area contributed by atoms with Gasteiger partial charge in [-0.25, -0.2) is 13.2 Å². The molecule has 1 aliphatic rings. The largest absolute Gasteiger partial charge is 0.379 e. The van der Waals surface area contributed by atoms with Crippen LogP contribution in [0.2, 0.25) is 0 Å². The molecule has 0 bridgehead atoms. The smallest absolute Gasteiger partial charge is 0.332 e. The molecular weight excluding hydrogens is 350 g/mol. The van der Waals surface area contributed by atoms with Crippen LogP contribution in [0.3, 0.4) is 0 Å². The zero-order valence-corrected chi connectivity index (χ0v) is 15.2. The Balaban J connectivity index is 2.09. The minimum absolute atomic E-state index is 0.0700. The van der Waals surface area contributed by atoms with Gasteiger partial charge in [-0.15, -0.1) is 0 Å². The van der Waals surface area contributed by atoms with Gasteiger partial charge in [-0.05, 0) is 0 Å². The second-order valence-electron chi connectivity index (χ2n) is 6.15. The molecule has 0 saturated carbocycles. The highest BCUT2D eigenvalue weighted by Gasteiger charge is 2.23. The summed E-state index contributed by atoms with van der Waals surface area (Å²) in [6.07, 6.45) is 1.02. The SMILES string of the molecule is Cn1c(S(C)(=O)=O)nc2c1c(=O)n(CCN1CCOCC1)c(=O)n2C. The van der Waals surface area contributed by atoms with E-state index in [1.807, 2.05) is 0 Å². The molecule has 1 fully saturated rings. The summed E-state index contributed by atoms with van der Waals surface area (Å²) >= 11 is 0. The van der Waals surface area contributed by atoms with E-state index in [0.29, 0.717) is 19.8 Å². The Bertz CT molecular complexity index is 1030. The van der Waals surface area contributed by atoms with Gasteiger partial charge in [0.15, 0.2) is 11.2 Å². The number of ether oxygens (including phenoxy) is 1. The van der Waals surface area contributed by atoms with Gasteiger partial charge < -0.3 is 9.30 Å². The number of hydrogen-bond acceptors (Lipinski definition) is 7. The third kappa shape index (κ3) is 3.14. The monoisotopic (exact) mass is 371 g/mol. The molecule has 2 aromatic rings. The second kappa shape index (κ2) is 6.39. The number of aryl methyl sites for hydroxylation is 2. The number of hydrogen-bond donors (Lipinski definition) is 0. The Morgan fingerprint density at radius 3 is 2.32 bits per heavy atom. The molecule has 0 radical (unpaired) electrons.